The Hall–Kier alpha value is -3.94. The summed E-state index contributed by atoms with van der Waals surface area (Å²) >= 11 is 0. The van der Waals surface area contributed by atoms with E-state index in [2.05, 4.69) is 25.9 Å². The number of alkyl halides is 4. The molecule has 1 aliphatic carbocycles. The van der Waals surface area contributed by atoms with Crippen molar-refractivity contribution in [1.82, 2.24) is 34.7 Å². The van der Waals surface area contributed by atoms with Gasteiger partial charge < -0.3 is 24.6 Å². The summed E-state index contributed by atoms with van der Waals surface area (Å²) in [5.41, 5.74) is 1.32. The molecule has 1 aliphatic heterocycles. The first-order chi connectivity index (χ1) is 20.1. The molecule has 2 N–H and O–H groups in total. The summed E-state index contributed by atoms with van der Waals surface area (Å²) in [6.07, 6.45) is 2.48. The van der Waals surface area contributed by atoms with Crippen LogP contribution in [0.1, 0.15) is 54.4 Å². The largest absolute Gasteiger partial charge is 0.406 e. The number of hydrogen-bond donors (Lipinski definition) is 2. The summed E-state index contributed by atoms with van der Waals surface area (Å²) in [4.78, 5) is 18.9. The van der Waals surface area contributed by atoms with Crippen LogP contribution in [0.4, 0.5) is 23.2 Å². The fourth-order valence-corrected chi connectivity index (χ4v) is 5.88. The fraction of sp³-hybridized carbons (Fsp3) is 0.500. The lowest BCUT2D eigenvalue weighted by Gasteiger charge is -2.33. The summed E-state index contributed by atoms with van der Waals surface area (Å²) in [6.45, 7) is -0.403. The number of likely N-dealkylation sites (tertiary alicyclic amines) is 1. The molecule has 2 fully saturated rings. The second-order valence-electron chi connectivity index (χ2n) is 11.1. The summed E-state index contributed by atoms with van der Waals surface area (Å²) in [5.74, 6) is -0.390. The smallest absolute Gasteiger partial charge is 0.379 e. The highest BCUT2D eigenvalue weighted by atomic mass is 19.4. The van der Waals surface area contributed by atoms with Gasteiger partial charge in [-0.15, -0.1) is 0 Å². The molecule has 14 heteroatoms. The Balaban J connectivity index is 1.22. The first-order valence-corrected chi connectivity index (χ1v) is 14.1. The lowest BCUT2D eigenvalue weighted by molar-refractivity contribution is -0.139. The monoisotopic (exact) mass is 588 g/mol. The van der Waals surface area contributed by atoms with Gasteiger partial charge in [0.25, 0.3) is 5.91 Å². The summed E-state index contributed by atoms with van der Waals surface area (Å²) < 4.78 is 63.9. The zero-order valence-corrected chi connectivity index (χ0v) is 23.1. The SMILES string of the molecule is CN1CC[C@@H](Nc2cccc3c2cc(-c2noc(CNC(=O)c4cnn(C5CCCC5)c4)n2)n3CC(F)(F)F)[C@@H](F)C1. The molecule has 3 aromatic heterocycles. The molecule has 2 atom stereocenters. The van der Waals surface area contributed by atoms with E-state index in [1.165, 1.54) is 6.20 Å². The van der Waals surface area contributed by atoms with Gasteiger partial charge in [0.15, 0.2) is 0 Å². The van der Waals surface area contributed by atoms with E-state index in [-0.39, 0.29) is 36.4 Å². The summed E-state index contributed by atoms with van der Waals surface area (Å²) in [5, 5.41) is 14.6. The van der Waals surface area contributed by atoms with Crippen molar-refractivity contribution in [3.63, 3.8) is 0 Å². The van der Waals surface area contributed by atoms with Crippen molar-refractivity contribution in [2.45, 2.75) is 69.6 Å². The van der Waals surface area contributed by atoms with E-state index in [9.17, 15) is 22.4 Å². The van der Waals surface area contributed by atoms with Gasteiger partial charge in [-0.1, -0.05) is 24.1 Å². The van der Waals surface area contributed by atoms with Crippen LogP contribution in [0.5, 0.6) is 0 Å². The van der Waals surface area contributed by atoms with Crippen LogP contribution >= 0.6 is 0 Å². The van der Waals surface area contributed by atoms with Crippen molar-refractivity contribution in [2.24, 2.45) is 0 Å². The number of amides is 1. The van der Waals surface area contributed by atoms with Gasteiger partial charge in [0.2, 0.25) is 11.7 Å². The molecule has 4 heterocycles. The van der Waals surface area contributed by atoms with Gasteiger partial charge in [-0.25, -0.2) is 4.39 Å². The standard InChI is InChI=1S/C28H32F4N8O2/c1-38-10-9-22(20(29)15-38)35-21-7-4-8-23-19(21)11-24(39(23)16-28(30,31)32)26-36-25(42-37-26)13-33-27(41)17-12-34-40(14-17)18-5-2-3-6-18/h4,7-8,11-12,14,18,20,22,35H,2-3,5-6,9-10,13,15-16H2,1H3,(H,33,41)/t20-,22+/m0/s1. The molecule has 2 aliphatic rings. The lowest BCUT2D eigenvalue weighted by Crippen LogP contribution is -2.46. The van der Waals surface area contributed by atoms with Crippen molar-refractivity contribution in [2.75, 3.05) is 25.5 Å². The highest BCUT2D eigenvalue weighted by Gasteiger charge is 2.32. The zero-order valence-electron chi connectivity index (χ0n) is 23.1. The number of aromatic nitrogens is 5. The topological polar surface area (TPSA) is 106 Å². The minimum absolute atomic E-state index is 0.0373. The summed E-state index contributed by atoms with van der Waals surface area (Å²) in [6, 6.07) is 6.32. The third kappa shape index (κ3) is 5.98. The third-order valence-corrected chi connectivity index (χ3v) is 8.03. The number of carbonyl (C=O) groups excluding carboxylic acids is 1. The van der Waals surface area contributed by atoms with Gasteiger partial charge in [0, 0.05) is 30.4 Å². The maximum Gasteiger partial charge on any atom is 0.406 e. The van der Waals surface area contributed by atoms with Crippen LogP contribution in [0.15, 0.2) is 41.2 Å². The quantitative estimate of drug-likeness (QED) is 0.281. The number of hydrogen-bond acceptors (Lipinski definition) is 7. The van der Waals surface area contributed by atoms with Crippen molar-refractivity contribution in [1.29, 1.82) is 0 Å². The maximum absolute atomic E-state index is 14.7. The molecule has 1 saturated heterocycles. The number of fused-ring (bicyclic) bond motifs is 1. The molecule has 10 nitrogen and oxygen atoms in total. The van der Waals surface area contributed by atoms with Crippen LogP contribution in [-0.2, 0) is 13.1 Å². The van der Waals surface area contributed by atoms with E-state index in [1.54, 1.807) is 30.5 Å². The van der Waals surface area contributed by atoms with E-state index in [0.717, 1.165) is 30.3 Å². The number of halogens is 4. The molecule has 0 bridgehead atoms. The molecule has 224 valence electrons. The van der Waals surface area contributed by atoms with E-state index in [0.29, 0.717) is 41.2 Å². The number of benzene rings is 1. The average molecular weight is 589 g/mol. The molecule has 0 spiro atoms. The fourth-order valence-electron chi connectivity index (χ4n) is 5.88. The zero-order chi connectivity index (χ0) is 29.4. The Morgan fingerprint density at radius 1 is 1.19 bits per heavy atom. The Kier molecular flexibility index (Phi) is 7.64. The predicted molar refractivity (Wildman–Crippen MR) is 147 cm³/mol. The minimum atomic E-state index is -4.52. The van der Waals surface area contributed by atoms with Crippen LogP contribution in [0, 0.1) is 0 Å². The Morgan fingerprint density at radius 2 is 2.00 bits per heavy atom. The molecule has 1 amide bonds. The molecule has 1 aromatic carbocycles. The number of rotatable bonds is 8. The summed E-state index contributed by atoms with van der Waals surface area (Å²) in [7, 11) is 1.85. The molecular weight excluding hydrogens is 556 g/mol. The van der Waals surface area contributed by atoms with Gasteiger partial charge in [-0.05, 0) is 44.5 Å². The second kappa shape index (κ2) is 11.4. The number of carbonyl (C=O) groups is 1. The maximum atomic E-state index is 14.7. The van der Waals surface area contributed by atoms with Crippen LogP contribution in [0.2, 0.25) is 0 Å². The highest BCUT2D eigenvalue weighted by molar-refractivity contribution is 5.96. The van der Waals surface area contributed by atoms with E-state index in [1.807, 2.05) is 16.6 Å². The Bertz CT molecular complexity index is 1550. The van der Waals surface area contributed by atoms with Gasteiger partial charge >= 0.3 is 6.18 Å². The number of anilines is 1. The van der Waals surface area contributed by atoms with Crippen molar-refractivity contribution in [3.8, 4) is 11.5 Å². The molecule has 6 rings (SSSR count). The number of nitrogens with zero attached hydrogens (tertiary/aromatic N) is 6. The third-order valence-electron chi connectivity index (χ3n) is 8.03. The average Bonchev–Trinajstić information content (AvgIpc) is 3.75. The molecule has 42 heavy (non-hydrogen) atoms. The second-order valence-corrected chi connectivity index (χ2v) is 11.1. The first kappa shape index (κ1) is 28.2. The predicted octanol–water partition coefficient (Wildman–Crippen LogP) is 4.95. The van der Waals surface area contributed by atoms with Crippen LogP contribution in [0.3, 0.4) is 0 Å². The highest BCUT2D eigenvalue weighted by Crippen LogP contribution is 2.35. The molecular formula is C28H32F4N8O2. The number of piperidine rings is 1. The van der Waals surface area contributed by atoms with Crippen LogP contribution in [-0.4, -0.2) is 73.8 Å². The van der Waals surface area contributed by atoms with Gasteiger partial charge in [-0.3, -0.25) is 9.48 Å². The van der Waals surface area contributed by atoms with Gasteiger partial charge in [0.1, 0.15) is 12.7 Å². The molecule has 0 radical (unpaired) electrons. The van der Waals surface area contributed by atoms with Gasteiger partial charge in [-0.2, -0.15) is 23.3 Å². The molecule has 4 aromatic rings. The molecule has 0 unspecified atom stereocenters. The normalized spacial score (nSPS) is 20.4. The van der Waals surface area contributed by atoms with Crippen molar-refractivity contribution >= 4 is 22.5 Å². The Labute approximate surface area is 239 Å². The Morgan fingerprint density at radius 3 is 2.76 bits per heavy atom. The van der Waals surface area contributed by atoms with E-state index < -0.39 is 24.9 Å². The van der Waals surface area contributed by atoms with Gasteiger partial charge in [0.05, 0.1) is 41.6 Å². The van der Waals surface area contributed by atoms with Crippen molar-refractivity contribution < 1.29 is 26.9 Å². The lowest BCUT2D eigenvalue weighted by atomic mass is 10.0. The van der Waals surface area contributed by atoms with Crippen LogP contribution < -0.4 is 10.6 Å². The molecule has 1 saturated carbocycles. The minimum Gasteiger partial charge on any atom is -0.379 e. The first-order valence-electron chi connectivity index (χ1n) is 14.1. The van der Waals surface area contributed by atoms with E-state index >= 15 is 0 Å². The van der Waals surface area contributed by atoms with E-state index in [4.69, 9.17) is 4.52 Å². The van der Waals surface area contributed by atoms with Crippen molar-refractivity contribution in [3.05, 3.63) is 48.1 Å². The number of nitrogens with one attached hydrogen (secondary N) is 2. The van der Waals surface area contributed by atoms with Crippen LogP contribution in [0.25, 0.3) is 22.4 Å².